The van der Waals surface area contributed by atoms with Gasteiger partial charge in [0.2, 0.25) is 0 Å². The van der Waals surface area contributed by atoms with E-state index >= 15 is 0 Å². The third-order valence-electron chi connectivity index (χ3n) is 6.34. The predicted molar refractivity (Wildman–Crippen MR) is 150 cm³/mol. The summed E-state index contributed by atoms with van der Waals surface area (Å²) in [4.78, 5) is 26.7. The summed E-state index contributed by atoms with van der Waals surface area (Å²) in [5.41, 5.74) is -0.173. The van der Waals surface area contributed by atoms with Crippen LogP contribution in [0.4, 0.5) is 11.4 Å². The average Bonchev–Trinajstić information content (AvgIpc) is 3.55. The molecule has 0 radical (unpaired) electrons. The molecule has 2 heterocycles. The molecular formula is C26H24N2O6S4. The minimum absolute atomic E-state index is 0.0671. The van der Waals surface area contributed by atoms with Crippen LogP contribution in [0.25, 0.3) is 10.8 Å². The van der Waals surface area contributed by atoms with Crippen LogP contribution in [0.5, 0.6) is 0 Å². The summed E-state index contributed by atoms with van der Waals surface area (Å²) in [5.74, 6) is -1.92. The molecule has 0 unspecified atom stereocenters. The number of carbonyl (C=O) groups excluding carboxylic acids is 2. The van der Waals surface area contributed by atoms with Crippen LogP contribution in [0, 0.1) is 5.41 Å². The van der Waals surface area contributed by atoms with Crippen molar-refractivity contribution in [3.8, 4) is 0 Å². The highest BCUT2D eigenvalue weighted by Crippen LogP contribution is 2.45. The minimum Gasteiger partial charge on any atom is -0.298 e. The summed E-state index contributed by atoms with van der Waals surface area (Å²) in [6, 6.07) is 14.2. The number of nitrogens with one attached hydrogen (secondary N) is 2. The number of sulfonamides is 2. The lowest BCUT2D eigenvalue weighted by atomic mass is 9.69. The number of hydrogen-bond acceptors (Lipinski definition) is 8. The number of thiophene rings is 2. The van der Waals surface area contributed by atoms with Gasteiger partial charge in [-0.15, -0.1) is 22.7 Å². The minimum atomic E-state index is -4.05. The van der Waals surface area contributed by atoms with Crippen LogP contribution >= 0.6 is 22.7 Å². The Labute approximate surface area is 228 Å². The molecule has 12 heteroatoms. The van der Waals surface area contributed by atoms with Gasteiger partial charge in [-0.3, -0.25) is 19.0 Å². The van der Waals surface area contributed by atoms with Crippen molar-refractivity contribution in [2.45, 2.75) is 41.0 Å². The van der Waals surface area contributed by atoms with Crippen LogP contribution in [0.1, 0.15) is 38.2 Å². The van der Waals surface area contributed by atoms with Gasteiger partial charge < -0.3 is 0 Å². The topological polar surface area (TPSA) is 126 Å². The Morgan fingerprint density at radius 3 is 1.82 bits per heavy atom. The van der Waals surface area contributed by atoms with E-state index in [-0.39, 0.29) is 49.8 Å². The van der Waals surface area contributed by atoms with Gasteiger partial charge in [-0.05, 0) is 39.9 Å². The first-order valence-electron chi connectivity index (χ1n) is 11.6. The molecule has 198 valence electrons. The van der Waals surface area contributed by atoms with Crippen LogP contribution in [-0.4, -0.2) is 28.4 Å². The lowest BCUT2D eigenvalue weighted by molar-refractivity contribution is -0.135. The fraction of sp³-hybridized carbons (Fsp3) is 0.231. The first kappa shape index (κ1) is 26.5. The molecule has 1 aliphatic rings. The molecule has 1 aliphatic carbocycles. The molecule has 1 saturated carbocycles. The van der Waals surface area contributed by atoms with Crippen molar-refractivity contribution in [2.24, 2.45) is 5.41 Å². The van der Waals surface area contributed by atoms with Gasteiger partial charge in [0.15, 0.2) is 0 Å². The van der Waals surface area contributed by atoms with E-state index in [2.05, 4.69) is 9.44 Å². The molecular weight excluding hydrogens is 565 g/mol. The van der Waals surface area contributed by atoms with Crippen molar-refractivity contribution in [3.63, 3.8) is 0 Å². The smallest absolute Gasteiger partial charge is 0.271 e. The molecule has 0 bridgehead atoms. The lowest BCUT2D eigenvalue weighted by Crippen LogP contribution is -2.36. The van der Waals surface area contributed by atoms with Crippen molar-refractivity contribution in [3.05, 3.63) is 70.9 Å². The molecule has 0 aliphatic heterocycles. The fourth-order valence-electron chi connectivity index (χ4n) is 4.77. The number of benzene rings is 2. The molecule has 0 saturated heterocycles. The Kier molecular flexibility index (Phi) is 6.70. The third kappa shape index (κ3) is 5.00. The zero-order valence-electron chi connectivity index (χ0n) is 20.4. The summed E-state index contributed by atoms with van der Waals surface area (Å²) < 4.78 is 58.2. The highest BCUT2D eigenvalue weighted by Gasteiger charge is 2.42. The van der Waals surface area contributed by atoms with Gasteiger partial charge in [-0.25, -0.2) is 16.8 Å². The van der Waals surface area contributed by atoms with Crippen molar-refractivity contribution < 1.29 is 26.4 Å². The van der Waals surface area contributed by atoms with E-state index in [1.807, 2.05) is 13.8 Å². The molecule has 4 aromatic rings. The van der Waals surface area contributed by atoms with Gasteiger partial charge in [0.05, 0.1) is 11.4 Å². The van der Waals surface area contributed by atoms with Gasteiger partial charge in [0.1, 0.15) is 25.9 Å². The normalized spacial score (nSPS) is 16.6. The van der Waals surface area contributed by atoms with Crippen LogP contribution in [0.2, 0.25) is 0 Å². The van der Waals surface area contributed by atoms with E-state index in [0.29, 0.717) is 10.8 Å². The van der Waals surface area contributed by atoms with E-state index in [1.54, 1.807) is 47.2 Å². The van der Waals surface area contributed by atoms with Crippen LogP contribution in [0.3, 0.4) is 0 Å². The van der Waals surface area contributed by atoms with Gasteiger partial charge in [0.25, 0.3) is 20.0 Å². The first-order valence-corrected chi connectivity index (χ1v) is 16.3. The van der Waals surface area contributed by atoms with Crippen molar-refractivity contribution >= 4 is 76.4 Å². The summed E-state index contributed by atoms with van der Waals surface area (Å²) in [5, 5.41) is 4.05. The summed E-state index contributed by atoms with van der Waals surface area (Å²) in [6.45, 7) is 3.67. The molecule has 2 aromatic heterocycles. The van der Waals surface area contributed by atoms with E-state index in [1.165, 1.54) is 18.2 Å². The van der Waals surface area contributed by atoms with Crippen molar-refractivity contribution in [2.75, 3.05) is 9.44 Å². The fourth-order valence-corrected chi connectivity index (χ4v) is 8.94. The van der Waals surface area contributed by atoms with Crippen LogP contribution < -0.4 is 9.44 Å². The molecule has 38 heavy (non-hydrogen) atoms. The molecule has 0 spiro atoms. The van der Waals surface area contributed by atoms with Crippen molar-refractivity contribution in [1.82, 2.24) is 0 Å². The molecule has 1 fully saturated rings. The number of carbonyl (C=O) groups is 2. The molecule has 8 nitrogen and oxygen atoms in total. The largest absolute Gasteiger partial charge is 0.298 e. The standard InChI is InChI=1S/C26H24N2O6S4/c1-26(2)14-20(29)24(21(30)15-26)18-13-19(27-37(31,32)22-9-5-11-35-22)16-7-3-4-8-17(16)25(18)28-38(33,34)23-10-6-12-36-23/h3-13,24,27-28H,14-15H2,1-2H3. The maximum atomic E-state index is 13.4. The van der Waals surface area contributed by atoms with Gasteiger partial charge >= 0.3 is 0 Å². The zero-order valence-corrected chi connectivity index (χ0v) is 23.7. The SMILES string of the molecule is CC1(C)CC(=O)C(c2cc(NS(=O)(=O)c3cccs3)c3ccccc3c2NS(=O)(=O)c2cccs2)C(=O)C1. The second-order valence-corrected chi connectivity index (χ2v) is 15.6. The lowest BCUT2D eigenvalue weighted by Gasteiger charge is -2.33. The number of ketones is 2. The third-order valence-corrected chi connectivity index (χ3v) is 11.8. The van der Waals surface area contributed by atoms with Crippen LogP contribution in [0.15, 0.2) is 73.8 Å². The summed E-state index contributed by atoms with van der Waals surface area (Å²) in [7, 11) is -8.03. The highest BCUT2D eigenvalue weighted by atomic mass is 32.3. The van der Waals surface area contributed by atoms with E-state index in [0.717, 1.165) is 22.7 Å². The number of rotatable bonds is 7. The maximum Gasteiger partial charge on any atom is 0.271 e. The van der Waals surface area contributed by atoms with Gasteiger partial charge in [-0.2, -0.15) is 0 Å². The number of Topliss-reactive ketones (excluding diaryl/α,β-unsaturated/α-hetero) is 2. The summed E-state index contributed by atoms with van der Waals surface area (Å²) in [6.07, 6.45) is 0.257. The average molecular weight is 589 g/mol. The molecule has 2 N–H and O–H groups in total. The Morgan fingerprint density at radius 1 is 0.763 bits per heavy atom. The second-order valence-electron chi connectivity index (χ2n) is 9.89. The number of anilines is 2. The molecule has 2 aromatic carbocycles. The predicted octanol–water partition coefficient (Wildman–Crippen LogP) is 5.61. The molecule has 5 rings (SSSR count). The Balaban J connectivity index is 1.74. The zero-order chi connectivity index (χ0) is 27.3. The Hall–Kier alpha value is -3.06. The number of hydrogen-bond donors (Lipinski definition) is 2. The monoisotopic (exact) mass is 588 g/mol. The summed E-state index contributed by atoms with van der Waals surface area (Å²) >= 11 is 2.08. The Bertz CT molecular complexity index is 1740. The second kappa shape index (κ2) is 9.60. The maximum absolute atomic E-state index is 13.4. The van der Waals surface area contributed by atoms with E-state index < -0.39 is 31.4 Å². The van der Waals surface area contributed by atoms with E-state index in [9.17, 15) is 26.4 Å². The van der Waals surface area contributed by atoms with E-state index in [4.69, 9.17) is 0 Å². The molecule has 0 amide bonds. The van der Waals surface area contributed by atoms with Crippen LogP contribution in [-0.2, 0) is 29.6 Å². The van der Waals surface area contributed by atoms with Gasteiger partial charge in [0, 0.05) is 23.6 Å². The highest BCUT2D eigenvalue weighted by molar-refractivity contribution is 7.95. The van der Waals surface area contributed by atoms with Crippen molar-refractivity contribution in [1.29, 1.82) is 0 Å². The number of fused-ring (bicyclic) bond motifs is 1. The van der Waals surface area contributed by atoms with Gasteiger partial charge in [-0.1, -0.05) is 50.2 Å². The quantitative estimate of drug-likeness (QED) is 0.271. The Morgan fingerprint density at radius 2 is 1.29 bits per heavy atom. The first-order chi connectivity index (χ1) is 17.9. The molecule has 0 atom stereocenters.